The molecule has 0 aromatic heterocycles. The van der Waals surface area contributed by atoms with E-state index < -0.39 is 0 Å². The molecule has 2 aromatic rings. The molecule has 1 N–H and O–H groups in total. The number of hydrogen-bond acceptors (Lipinski definition) is 3. The van der Waals surface area contributed by atoms with Gasteiger partial charge >= 0.3 is 0 Å². The first kappa shape index (κ1) is 18.9. The van der Waals surface area contributed by atoms with Crippen LogP contribution in [-0.4, -0.2) is 37.0 Å². The topological polar surface area (TPSA) is 35.6 Å². The van der Waals surface area contributed by atoms with E-state index in [4.69, 9.17) is 11.6 Å². The van der Waals surface area contributed by atoms with E-state index in [1.165, 1.54) is 5.56 Å². The second kappa shape index (κ2) is 9.17. The summed E-state index contributed by atoms with van der Waals surface area (Å²) in [6.07, 6.45) is 0.929. The minimum absolute atomic E-state index is 0.0578. The molecule has 1 heterocycles. The summed E-state index contributed by atoms with van der Waals surface area (Å²) in [5, 5.41) is 4.17. The molecule has 0 atom stereocenters. The number of carbonyl (C=O) groups excluding carboxylic acids is 1. The fourth-order valence-corrected chi connectivity index (χ4v) is 3.58. The Balaban J connectivity index is 1.75. The highest BCUT2D eigenvalue weighted by Gasteiger charge is 2.17. The molecule has 5 heteroatoms. The molecule has 0 saturated carbocycles. The molecule has 0 bridgehead atoms. The van der Waals surface area contributed by atoms with Crippen molar-refractivity contribution in [1.29, 1.82) is 0 Å². The highest BCUT2D eigenvalue weighted by Crippen LogP contribution is 2.26. The van der Waals surface area contributed by atoms with Gasteiger partial charge in [-0.25, -0.2) is 0 Å². The molecule has 3 rings (SSSR count). The highest BCUT2D eigenvalue weighted by atomic mass is 35.5. The van der Waals surface area contributed by atoms with Crippen LogP contribution >= 0.6 is 11.6 Å². The predicted molar refractivity (Wildman–Crippen MR) is 108 cm³/mol. The average molecular weight is 372 g/mol. The van der Waals surface area contributed by atoms with Crippen LogP contribution in [-0.2, 0) is 17.9 Å². The summed E-state index contributed by atoms with van der Waals surface area (Å²) in [4.78, 5) is 16.5. The minimum Gasteiger partial charge on any atom is -0.312 e. The zero-order valence-corrected chi connectivity index (χ0v) is 16.0. The summed E-state index contributed by atoms with van der Waals surface area (Å²) in [5.41, 5.74) is 3.36. The second-order valence-electron chi connectivity index (χ2n) is 6.74. The van der Waals surface area contributed by atoms with Gasteiger partial charge in [-0.05, 0) is 29.7 Å². The SMILES string of the molecule is CC(=O)N1CCCN(Cc2ccccc2)CCNCc2ccc(Cl)cc21. The van der Waals surface area contributed by atoms with Crippen molar-refractivity contribution in [2.45, 2.75) is 26.4 Å². The van der Waals surface area contributed by atoms with Crippen LogP contribution in [0.5, 0.6) is 0 Å². The Morgan fingerprint density at radius 1 is 1.12 bits per heavy atom. The zero-order chi connectivity index (χ0) is 18.4. The number of benzene rings is 2. The van der Waals surface area contributed by atoms with E-state index in [1.54, 1.807) is 6.92 Å². The number of carbonyl (C=O) groups is 1. The molecule has 2 aromatic carbocycles. The first-order valence-electron chi connectivity index (χ1n) is 9.17. The maximum Gasteiger partial charge on any atom is 0.223 e. The lowest BCUT2D eigenvalue weighted by molar-refractivity contribution is -0.116. The molecule has 1 aliphatic rings. The molecule has 0 unspecified atom stereocenters. The summed E-state index contributed by atoms with van der Waals surface area (Å²) in [5.74, 6) is 0.0578. The van der Waals surface area contributed by atoms with Gasteiger partial charge in [-0.2, -0.15) is 0 Å². The smallest absolute Gasteiger partial charge is 0.223 e. The van der Waals surface area contributed by atoms with Gasteiger partial charge in [0, 0.05) is 56.9 Å². The number of rotatable bonds is 2. The lowest BCUT2D eigenvalue weighted by Crippen LogP contribution is -2.34. The van der Waals surface area contributed by atoms with Crippen LogP contribution in [0.1, 0.15) is 24.5 Å². The fraction of sp³-hybridized carbons (Fsp3) is 0.381. The number of fused-ring (bicyclic) bond motifs is 1. The molecule has 138 valence electrons. The van der Waals surface area contributed by atoms with Crippen molar-refractivity contribution in [3.05, 3.63) is 64.7 Å². The number of nitrogens with zero attached hydrogens (tertiary/aromatic N) is 2. The number of halogens is 1. The van der Waals surface area contributed by atoms with Gasteiger partial charge in [-0.15, -0.1) is 0 Å². The van der Waals surface area contributed by atoms with Crippen LogP contribution in [0.15, 0.2) is 48.5 Å². The second-order valence-corrected chi connectivity index (χ2v) is 7.17. The lowest BCUT2D eigenvalue weighted by Gasteiger charge is -2.25. The molecular formula is C21H26ClN3O. The Morgan fingerprint density at radius 3 is 2.69 bits per heavy atom. The summed E-state index contributed by atoms with van der Waals surface area (Å²) in [6.45, 7) is 6.84. The number of amides is 1. The molecule has 4 nitrogen and oxygen atoms in total. The molecule has 0 spiro atoms. The molecule has 26 heavy (non-hydrogen) atoms. The summed E-state index contributed by atoms with van der Waals surface area (Å²) >= 11 is 6.19. The van der Waals surface area contributed by atoms with Crippen LogP contribution < -0.4 is 10.2 Å². The zero-order valence-electron chi connectivity index (χ0n) is 15.2. The largest absolute Gasteiger partial charge is 0.312 e. The van der Waals surface area contributed by atoms with Gasteiger partial charge in [0.25, 0.3) is 0 Å². The monoisotopic (exact) mass is 371 g/mol. The Bertz CT molecular complexity index is 735. The van der Waals surface area contributed by atoms with Gasteiger partial charge in [0.15, 0.2) is 0 Å². The van der Waals surface area contributed by atoms with Crippen molar-refractivity contribution in [3.63, 3.8) is 0 Å². The van der Waals surface area contributed by atoms with E-state index in [2.05, 4.69) is 34.5 Å². The Kier molecular flexibility index (Phi) is 6.67. The standard InChI is InChI=1S/C21H26ClN3O/c1-17(26)25-12-5-11-24(16-18-6-3-2-4-7-18)13-10-23-15-19-8-9-20(22)14-21(19)25/h2-4,6-9,14,23H,5,10-13,15-16H2,1H3. The Morgan fingerprint density at radius 2 is 1.92 bits per heavy atom. The number of anilines is 1. The van der Waals surface area contributed by atoms with Crippen molar-refractivity contribution in [3.8, 4) is 0 Å². The van der Waals surface area contributed by atoms with Gasteiger partial charge in [0.2, 0.25) is 5.91 Å². The van der Waals surface area contributed by atoms with E-state index in [1.807, 2.05) is 29.2 Å². The first-order valence-corrected chi connectivity index (χ1v) is 9.55. The first-order chi connectivity index (χ1) is 12.6. The third-order valence-electron chi connectivity index (χ3n) is 4.74. The van der Waals surface area contributed by atoms with Crippen molar-refractivity contribution >= 4 is 23.2 Å². The van der Waals surface area contributed by atoms with Crippen molar-refractivity contribution in [1.82, 2.24) is 10.2 Å². The van der Waals surface area contributed by atoms with Crippen LogP contribution in [0.3, 0.4) is 0 Å². The van der Waals surface area contributed by atoms with E-state index in [9.17, 15) is 4.79 Å². The van der Waals surface area contributed by atoms with Gasteiger partial charge in [0.05, 0.1) is 0 Å². The number of nitrogens with one attached hydrogen (secondary N) is 1. The maximum atomic E-state index is 12.2. The molecule has 1 aliphatic heterocycles. The van der Waals surface area contributed by atoms with Gasteiger partial charge in [-0.1, -0.05) is 48.0 Å². The summed E-state index contributed by atoms with van der Waals surface area (Å²) < 4.78 is 0. The third kappa shape index (κ3) is 5.07. The van der Waals surface area contributed by atoms with Gasteiger partial charge < -0.3 is 10.2 Å². The van der Waals surface area contributed by atoms with Crippen molar-refractivity contribution in [2.75, 3.05) is 31.1 Å². The Labute approximate surface area is 160 Å². The van der Waals surface area contributed by atoms with Crippen LogP contribution in [0.4, 0.5) is 5.69 Å². The molecule has 0 fully saturated rings. The van der Waals surface area contributed by atoms with Gasteiger partial charge in [-0.3, -0.25) is 9.69 Å². The molecule has 0 aliphatic carbocycles. The van der Waals surface area contributed by atoms with E-state index in [-0.39, 0.29) is 5.91 Å². The average Bonchev–Trinajstić information content (AvgIpc) is 2.66. The lowest BCUT2D eigenvalue weighted by atomic mass is 10.1. The fourth-order valence-electron chi connectivity index (χ4n) is 3.41. The molecule has 0 saturated heterocycles. The van der Waals surface area contributed by atoms with Crippen LogP contribution in [0.2, 0.25) is 5.02 Å². The summed E-state index contributed by atoms with van der Waals surface area (Å²) in [6, 6.07) is 16.3. The van der Waals surface area contributed by atoms with Crippen LogP contribution in [0.25, 0.3) is 0 Å². The van der Waals surface area contributed by atoms with E-state index >= 15 is 0 Å². The summed E-state index contributed by atoms with van der Waals surface area (Å²) in [7, 11) is 0. The van der Waals surface area contributed by atoms with Crippen LogP contribution in [0, 0.1) is 0 Å². The number of hydrogen-bond donors (Lipinski definition) is 1. The normalized spacial score (nSPS) is 16.6. The molecule has 0 radical (unpaired) electrons. The molecular weight excluding hydrogens is 346 g/mol. The van der Waals surface area contributed by atoms with Gasteiger partial charge in [0.1, 0.15) is 0 Å². The minimum atomic E-state index is 0.0578. The molecule has 1 amide bonds. The maximum absolute atomic E-state index is 12.2. The van der Waals surface area contributed by atoms with E-state index in [0.29, 0.717) is 11.6 Å². The quantitative estimate of drug-likeness (QED) is 0.874. The Hall–Kier alpha value is -1.88. The predicted octanol–water partition coefficient (Wildman–Crippen LogP) is 3.69. The van der Waals surface area contributed by atoms with E-state index in [0.717, 1.165) is 50.4 Å². The van der Waals surface area contributed by atoms with Crippen molar-refractivity contribution < 1.29 is 4.79 Å². The third-order valence-corrected chi connectivity index (χ3v) is 4.98. The van der Waals surface area contributed by atoms with Crippen molar-refractivity contribution in [2.24, 2.45) is 0 Å². The highest BCUT2D eigenvalue weighted by molar-refractivity contribution is 6.31.